The first kappa shape index (κ1) is 8.93. The first-order chi connectivity index (χ1) is 6.77. The summed E-state index contributed by atoms with van der Waals surface area (Å²) in [6, 6.07) is 2.96. The summed E-state index contributed by atoms with van der Waals surface area (Å²) >= 11 is 1.93. The molecule has 0 bridgehead atoms. The Morgan fingerprint density at radius 2 is 2.36 bits per heavy atom. The Morgan fingerprint density at radius 1 is 1.50 bits per heavy atom. The molecule has 3 rings (SSSR count). The number of fused-ring (bicyclic) bond motifs is 1. The lowest BCUT2D eigenvalue weighted by atomic mass is 9.78. The molecule has 76 valence electrons. The van der Waals surface area contributed by atoms with Gasteiger partial charge in [-0.2, -0.15) is 0 Å². The molecule has 1 N–H and O–H groups in total. The summed E-state index contributed by atoms with van der Waals surface area (Å²) in [5, 5.41) is 6.08. The van der Waals surface area contributed by atoms with Gasteiger partial charge in [-0.25, -0.2) is 0 Å². The van der Waals surface area contributed by atoms with Crippen molar-refractivity contribution in [2.45, 2.75) is 50.6 Å². The zero-order valence-electron chi connectivity index (χ0n) is 8.68. The second-order valence-electron chi connectivity index (χ2n) is 4.96. The molecule has 0 saturated heterocycles. The molecule has 1 aromatic rings. The van der Waals surface area contributed by atoms with Crippen molar-refractivity contribution in [2.24, 2.45) is 0 Å². The van der Waals surface area contributed by atoms with Gasteiger partial charge in [0.1, 0.15) is 0 Å². The number of hydrogen-bond donors (Lipinski definition) is 1. The van der Waals surface area contributed by atoms with Crippen LogP contribution in [-0.4, -0.2) is 5.54 Å². The van der Waals surface area contributed by atoms with E-state index in [1.807, 2.05) is 11.3 Å². The Morgan fingerprint density at radius 3 is 3.07 bits per heavy atom. The van der Waals surface area contributed by atoms with Gasteiger partial charge in [0.15, 0.2) is 0 Å². The first-order valence-electron chi connectivity index (χ1n) is 5.61. The monoisotopic (exact) mass is 207 g/mol. The number of hydrogen-bond acceptors (Lipinski definition) is 2. The first-order valence-corrected chi connectivity index (χ1v) is 6.49. The summed E-state index contributed by atoms with van der Waals surface area (Å²) in [6.45, 7) is 2.38. The quantitative estimate of drug-likeness (QED) is 0.785. The van der Waals surface area contributed by atoms with Crippen molar-refractivity contribution in [1.82, 2.24) is 5.32 Å². The lowest BCUT2D eigenvalue weighted by Crippen LogP contribution is -2.49. The maximum absolute atomic E-state index is 3.84. The van der Waals surface area contributed by atoms with Crippen molar-refractivity contribution in [3.8, 4) is 0 Å². The topological polar surface area (TPSA) is 12.0 Å². The van der Waals surface area contributed by atoms with E-state index >= 15 is 0 Å². The summed E-state index contributed by atoms with van der Waals surface area (Å²) in [6.07, 6.45) is 6.74. The van der Waals surface area contributed by atoms with Crippen LogP contribution >= 0.6 is 11.3 Å². The van der Waals surface area contributed by atoms with Gasteiger partial charge in [-0.05, 0) is 56.0 Å². The summed E-state index contributed by atoms with van der Waals surface area (Å²) in [5.41, 5.74) is 2.05. The molecule has 14 heavy (non-hydrogen) atoms. The van der Waals surface area contributed by atoms with Gasteiger partial charge in [-0.15, -0.1) is 11.3 Å². The largest absolute Gasteiger partial charge is 0.304 e. The van der Waals surface area contributed by atoms with E-state index in [-0.39, 0.29) is 0 Å². The van der Waals surface area contributed by atoms with E-state index < -0.39 is 0 Å². The minimum Gasteiger partial charge on any atom is -0.304 e. The van der Waals surface area contributed by atoms with Crippen LogP contribution in [0.5, 0.6) is 0 Å². The highest BCUT2D eigenvalue weighted by molar-refractivity contribution is 7.10. The van der Waals surface area contributed by atoms with Crippen LogP contribution in [0.2, 0.25) is 0 Å². The Bertz CT molecular complexity index is 338. The van der Waals surface area contributed by atoms with E-state index in [0.29, 0.717) is 11.6 Å². The molecule has 0 spiro atoms. The molecule has 1 aromatic heterocycles. The van der Waals surface area contributed by atoms with E-state index in [1.54, 1.807) is 10.4 Å². The molecule has 1 fully saturated rings. The van der Waals surface area contributed by atoms with Crippen LogP contribution in [0.4, 0.5) is 0 Å². The third kappa shape index (κ3) is 1.32. The van der Waals surface area contributed by atoms with Gasteiger partial charge in [0.05, 0.1) is 0 Å². The normalized spacial score (nSPS) is 28.5. The van der Waals surface area contributed by atoms with E-state index in [2.05, 4.69) is 23.7 Å². The van der Waals surface area contributed by atoms with Gasteiger partial charge in [0, 0.05) is 16.5 Å². The van der Waals surface area contributed by atoms with Crippen molar-refractivity contribution in [3.05, 3.63) is 21.9 Å². The predicted octanol–water partition coefficient (Wildman–Crippen LogP) is 3.27. The molecule has 1 heterocycles. The van der Waals surface area contributed by atoms with Crippen LogP contribution in [0.15, 0.2) is 11.4 Å². The van der Waals surface area contributed by atoms with Gasteiger partial charge in [0.2, 0.25) is 0 Å². The maximum atomic E-state index is 3.84. The Labute approximate surface area is 89.5 Å². The highest BCUT2D eigenvalue weighted by Gasteiger charge is 2.36. The number of nitrogens with one attached hydrogen (secondary N) is 1. The summed E-state index contributed by atoms with van der Waals surface area (Å²) < 4.78 is 0. The fourth-order valence-corrected chi connectivity index (χ4v) is 3.74. The lowest BCUT2D eigenvalue weighted by molar-refractivity contribution is 0.186. The fraction of sp³-hybridized carbons (Fsp3) is 0.667. The van der Waals surface area contributed by atoms with Gasteiger partial charge in [-0.3, -0.25) is 0 Å². The zero-order valence-corrected chi connectivity index (χ0v) is 9.49. The molecule has 1 nitrogen and oxygen atoms in total. The van der Waals surface area contributed by atoms with Crippen molar-refractivity contribution in [3.63, 3.8) is 0 Å². The highest BCUT2D eigenvalue weighted by atomic mass is 32.1. The summed E-state index contributed by atoms with van der Waals surface area (Å²) in [5.74, 6) is 0. The van der Waals surface area contributed by atoms with Gasteiger partial charge in [0.25, 0.3) is 0 Å². The van der Waals surface area contributed by atoms with E-state index in [0.717, 1.165) is 0 Å². The van der Waals surface area contributed by atoms with Gasteiger partial charge in [-0.1, -0.05) is 0 Å². The van der Waals surface area contributed by atoms with Crippen LogP contribution in [0.1, 0.15) is 49.1 Å². The number of aryl methyl sites for hydroxylation is 1. The second-order valence-corrected chi connectivity index (χ2v) is 5.91. The maximum Gasteiger partial charge on any atom is 0.0424 e. The fourth-order valence-electron chi connectivity index (χ4n) is 2.70. The molecule has 0 amide bonds. The highest BCUT2D eigenvalue weighted by Crippen LogP contribution is 2.40. The smallest absolute Gasteiger partial charge is 0.0424 e. The van der Waals surface area contributed by atoms with Crippen molar-refractivity contribution in [1.29, 1.82) is 0 Å². The van der Waals surface area contributed by atoms with E-state index in [4.69, 9.17) is 0 Å². The van der Waals surface area contributed by atoms with Crippen LogP contribution in [0.25, 0.3) is 0 Å². The summed E-state index contributed by atoms with van der Waals surface area (Å²) in [7, 11) is 0. The second kappa shape index (κ2) is 3.07. The average molecular weight is 207 g/mol. The molecule has 0 aromatic carbocycles. The van der Waals surface area contributed by atoms with Gasteiger partial charge < -0.3 is 5.32 Å². The van der Waals surface area contributed by atoms with Crippen molar-refractivity contribution >= 4 is 11.3 Å². The third-order valence-electron chi connectivity index (χ3n) is 3.78. The molecule has 0 aliphatic heterocycles. The average Bonchev–Trinajstić information content (AvgIpc) is 2.66. The number of thiophene rings is 1. The van der Waals surface area contributed by atoms with Crippen molar-refractivity contribution in [2.75, 3.05) is 0 Å². The molecule has 1 atom stereocenters. The minimum absolute atomic E-state index is 0.455. The van der Waals surface area contributed by atoms with Crippen LogP contribution < -0.4 is 5.32 Å². The SMILES string of the molecule is CC1(NC2CCc3ccsc32)CCC1. The molecular weight excluding hydrogens is 190 g/mol. The molecule has 1 unspecified atom stereocenters. The molecule has 2 aliphatic rings. The lowest BCUT2D eigenvalue weighted by Gasteiger charge is -2.41. The molecule has 0 radical (unpaired) electrons. The summed E-state index contributed by atoms with van der Waals surface area (Å²) in [4.78, 5) is 1.61. The molecule has 2 heteroatoms. The van der Waals surface area contributed by atoms with Gasteiger partial charge >= 0.3 is 0 Å². The molecular formula is C12H17NS. The standard InChI is InChI=1S/C12H17NS/c1-12(6-2-7-12)13-10-4-3-9-5-8-14-11(9)10/h5,8,10,13H,2-4,6-7H2,1H3. The zero-order chi connectivity index (χ0) is 9.60. The number of rotatable bonds is 2. The Balaban J connectivity index is 1.76. The molecule has 1 saturated carbocycles. The van der Waals surface area contributed by atoms with Crippen LogP contribution in [0, 0.1) is 0 Å². The van der Waals surface area contributed by atoms with Crippen molar-refractivity contribution < 1.29 is 0 Å². The minimum atomic E-state index is 0.455. The van der Waals surface area contributed by atoms with E-state index in [1.165, 1.54) is 32.1 Å². The van der Waals surface area contributed by atoms with Crippen LogP contribution in [0.3, 0.4) is 0 Å². The Hall–Kier alpha value is -0.340. The molecule has 2 aliphatic carbocycles. The van der Waals surface area contributed by atoms with E-state index in [9.17, 15) is 0 Å². The predicted molar refractivity (Wildman–Crippen MR) is 60.8 cm³/mol. The third-order valence-corrected chi connectivity index (χ3v) is 4.85. The Kier molecular flexibility index (Phi) is 1.96. The van der Waals surface area contributed by atoms with Crippen LogP contribution in [-0.2, 0) is 6.42 Å².